The van der Waals surface area contributed by atoms with Gasteiger partial charge in [0.1, 0.15) is 0 Å². The molecule has 0 aliphatic heterocycles. The van der Waals surface area contributed by atoms with Gasteiger partial charge in [0.25, 0.3) is 0 Å². The van der Waals surface area contributed by atoms with E-state index in [1.807, 2.05) is 13.8 Å². The number of aliphatic hydroxyl groups is 1. The quantitative estimate of drug-likeness (QED) is 0.538. The number of allylic oxidation sites excluding steroid dienone is 2. The molecular weight excluding hydrogens is 192 g/mol. The van der Waals surface area contributed by atoms with Crippen molar-refractivity contribution < 1.29 is 14.6 Å². The minimum atomic E-state index is -0.481. The van der Waals surface area contributed by atoms with Crippen molar-refractivity contribution in [3.63, 3.8) is 0 Å². The van der Waals surface area contributed by atoms with E-state index < -0.39 is 5.60 Å². The molecule has 0 spiro atoms. The monoisotopic (exact) mass is 214 g/mol. The molecule has 0 aromatic carbocycles. The second kappa shape index (κ2) is 6.62. The fourth-order valence-corrected chi connectivity index (χ4v) is 1.44. The van der Waals surface area contributed by atoms with Crippen LogP contribution in [0.3, 0.4) is 0 Å². The number of esters is 1. The zero-order chi connectivity index (χ0) is 11.9. The summed E-state index contributed by atoms with van der Waals surface area (Å²) in [7, 11) is 1.35. The van der Waals surface area contributed by atoms with E-state index in [2.05, 4.69) is 16.9 Å². The van der Waals surface area contributed by atoms with E-state index in [1.54, 1.807) is 0 Å². The SMILES string of the molecule is CC(C)(O)C1CC=CCC1.COC(C)=O. The lowest BCUT2D eigenvalue weighted by molar-refractivity contribution is -0.137. The zero-order valence-corrected chi connectivity index (χ0v) is 10.1. The van der Waals surface area contributed by atoms with Gasteiger partial charge in [-0.1, -0.05) is 12.2 Å². The zero-order valence-electron chi connectivity index (χ0n) is 10.1. The van der Waals surface area contributed by atoms with Gasteiger partial charge in [0.05, 0.1) is 12.7 Å². The molecule has 1 aliphatic carbocycles. The molecule has 88 valence electrons. The smallest absolute Gasteiger partial charge is 0.302 e. The summed E-state index contributed by atoms with van der Waals surface area (Å²) in [6.07, 6.45) is 7.69. The van der Waals surface area contributed by atoms with Crippen LogP contribution in [0.1, 0.15) is 40.0 Å². The lowest BCUT2D eigenvalue weighted by atomic mass is 9.82. The van der Waals surface area contributed by atoms with Crippen molar-refractivity contribution in [2.24, 2.45) is 5.92 Å². The van der Waals surface area contributed by atoms with Crippen LogP contribution < -0.4 is 0 Å². The molecular formula is C12H22O3. The molecule has 0 aromatic rings. The number of methoxy groups -OCH3 is 1. The third kappa shape index (κ3) is 7.14. The van der Waals surface area contributed by atoms with Gasteiger partial charge in [-0.05, 0) is 39.0 Å². The molecule has 15 heavy (non-hydrogen) atoms. The second-order valence-electron chi connectivity index (χ2n) is 4.33. The minimum Gasteiger partial charge on any atom is -0.469 e. The van der Waals surface area contributed by atoms with E-state index in [1.165, 1.54) is 14.0 Å². The first-order valence-electron chi connectivity index (χ1n) is 5.30. The fourth-order valence-electron chi connectivity index (χ4n) is 1.44. The summed E-state index contributed by atoms with van der Waals surface area (Å²) >= 11 is 0. The van der Waals surface area contributed by atoms with Crippen molar-refractivity contribution in [3.8, 4) is 0 Å². The van der Waals surface area contributed by atoms with Gasteiger partial charge < -0.3 is 9.84 Å². The van der Waals surface area contributed by atoms with Crippen LogP contribution in [0.25, 0.3) is 0 Å². The summed E-state index contributed by atoms with van der Waals surface area (Å²) in [6, 6.07) is 0. The van der Waals surface area contributed by atoms with Crippen molar-refractivity contribution in [2.75, 3.05) is 7.11 Å². The van der Waals surface area contributed by atoms with Crippen LogP contribution >= 0.6 is 0 Å². The van der Waals surface area contributed by atoms with Crippen LogP contribution in [0.15, 0.2) is 12.2 Å². The first-order valence-corrected chi connectivity index (χ1v) is 5.30. The number of ether oxygens (including phenoxy) is 1. The highest BCUT2D eigenvalue weighted by molar-refractivity contribution is 5.65. The molecule has 3 heteroatoms. The lowest BCUT2D eigenvalue weighted by Crippen LogP contribution is -2.31. The van der Waals surface area contributed by atoms with Crippen molar-refractivity contribution in [1.82, 2.24) is 0 Å². The Labute approximate surface area is 92.1 Å². The number of hydrogen-bond donors (Lipinski definition) is 1. The molecule has 0 bridgehead atoms. The van der Waals surface area contributed by atoms with Gasteiger partial charge in [-0.3, -0.25) is 4.79 Å². The first-order chi connectivity index (χ1) is 6.88. The molecule has 0 aromatic heterocycles. The third-order valence-electron chi connectivity index (χ3n) is 2.56. The van der Waals surface area contributed by atoms with Gasteiger partial charge in [0.15, 0.2) is 0 Å². The van der Waals surface area contributed by atoms with E-state index in [9.17, 15) is 9.90 Å². The lowest BCUT2D eigenvalue weighted by Gasteiger charge is -2.29. The van der Waals surface area contributed by atoms with Crippen molar-refractivity contribution in [2.45, 2.75) is 45.6 Å². The molecule has 1 aliphatic rings. The van der Waals surface area contributed by atoms with Crippen molar-refractivity contribution in [3.05, 3.63) is 12.2 Å². The Balaban J connectivity index is 0.000000336. The Morgan fingerprint density at radius 2 is 2.00 bits per heavy atom. The highest BCUT2D eigenvalue weighted by Crippen LogP contribution is 2.28. The second-order valence-corrected chi connectivity index (χ2v) is 4.33. The predicted octanol–water partition coefficient (Wildman–Crippen LogP) is 2.29. The number of carbonyl (C=O) groups excluding carboxylic acids is 1. The number of rotatable bonds is 1. The Bertz CT molecular complexity index is 213. The molecule has 1 rings (SSSR count). The Morgan fingerprint density at radius 3 is 2.20 bits per heavy atom. The van der Waals surface area contributed by atoms with Gasteiger partial charge in [0, 0.05) is 6.92 Å². The summed E-state index contributed by atoms with van der Waals surface area (Å²) < 4.78 is 4.11. The van der Waals surface area contributed by atoms with Gasteiger partial charge in [-0.15, -0.1) is 0 Å². The van der Waals surface area contributed by atoms with E-state index in [0.29, 0.717) is 5.92 Å². The van der Waals surface area contributed by atoms with E-state index >= 15 is 0 Å². The third-order valence-corrected chi connectivity index (χ3v) is 2.56. The highest BCUT2D eigenvalue weighted by atomic mass is 16.5. The molecule has 0 saturated heterocycles. The molecule has 3 nitrogen and oxygen atoms in total. The maximum atomic E-state index is 9.61. The standard InChI is InChI=1S/C9H16O.C3H6O2/c1-9(2,10)8-6-4-3-5-7-8;1-3(4)5-2/h3-4,8,10H,5-7H2,1-2H3;1-2H3. The summed E-state index contributed by atoms with van der Waals surface area (Å²) in [6.45, 7) is 5.16. The van der Waals surface area contributed by atoms with Gasteiger partial charge in [-0.25, -0.2) is 0 Å². The van der Waals surface area contributed by atoms with Crippen LogP contribution in [0.4, 0.5) is 0 Å². The average Bonchev–Trinajstić information content (AvgIpc) is 2.19. The maximum Gasteiger partial charge on any atom is 0.302 e. The molecule has 0 saturated carbocycles. The van der Waals surface area contributed by atoms with Crippen LogP contribution in [0.5, 0.6) is 0 Å². The summed E-state index contributed by atoms with van der Waals surface area (Å²) in [4.78, 5) is 9.59. The highest BCUT2D eigenvalue weighted by Gasteiger charge is 2.25. The maximum absolute atomic E-state index is 9.61. The molecule has 1 unspecified atom stereocenters. The fraction of sp³-hybridized carbons (Fsp3) is 0.750. The summed E-state index contributed by atoms with van der Waals surface area (Å²) in [5, 5.41) is 9.61. The molecule has 0 amide bonds. The topological polar surface area (TPSA) is 46.5 Å². The number of carbonyl (C=O) groups is 1. The minimum absolute atomic E-state index is 0.245. The summed E-state index contributed by atoms with van der Waals surface area (Å²) in [5.74, 6) is 0.225. The Morgan fingerprint density at radius 1 is 1.47 bits per heavy atom. The summed E-state index contributed by atoms with van der Waals surface area (Å²) in [5.41, 5.74) is -0.481. The van der Waals surface area contributed by atoms with Gasteiger partial charge in [-0.2, -0.15) is 0 Å². The molecule has 0 radical (unpaired) electrons. The predicted molar refractivity (Wildman–Crippen MR) is 60.5 cm³/mol. The Kier molecular flexibility index (Phi) is 6.25. The van der Waals surface area contributed by atoms with E-state index in [4.69, 9.17) is 0 Å². The van der Waals surface area contributed by atoms with Gasteiger partial charge in [0.2, 0.25) is 0 Å². The normalized spacial score (nSPS) is 20.2. The Hall–Kier alpha value is -0.830. The van der Waals surface area contributed by atoms with Gasteiger partial charge >= 0.3 is 5.97 Å². The first kappa shape index (κ1) is 14.2. The van der Waals surface area contributed by atoms with Crippen LogP contribution in [0.2, 0.25) is 0 Å². The molecule has 1 N–H and O–H groups in total. The van der Waals surface area contributed by atoms with E-state index in [0.717, 1.165) is 19.3 Å². The van der Waals surface area contributed by atoms with Crippen molar-refractivity contribution >= 4 is 5.97 Å². The molecule has 1 atom stereocenters. The van der Waals surface area contributed by atoms with Crippen molar-refractivity contribution in [1.29, 1.82) is 0 Å². The van der Waals surface area contributed by atoms with Crippen LogP contribution in [-0.4, -0.2) is 23.8 Å². The van der Waals surface area contributed by atoms with Crippen LogP contribution in [0, 0.1) is 5.92 Å². The molecule has 0 fully saturated rings. The number of hydrogen-bond acceptors (Lipinski definition) is 3. The van der Waals surface area contributed by atoms with E-state index in [-0.39, 0.29) is 5.97 Å². The van der Waals surface area contributed by atoms with Crippen LogP contribution in [-0.2, 0) is 9.53 Å². The largest absolute Gasteiger partial charge is 0.469 e. The molecule has 0 heterocycles. The average molecular weight is 214 g/mol.